The van der Waals surface area contributed by atoms with Crippen LogP contribution in [-0.2, 0) is 14.3 Å². The van der Waals surface area contributed by atoms with Crippen LogP contribution in [-0.4, -0.2) is 24.8 Å². The molecule has 0 aliphatic carbocycles. The van der Waals surface area contributed by atoms with Gasteiger partial charge in [0, 0.05) is 12.6 Å². The third-order valence-corrected chi connectivity index (χ3v) is 1.89. The lowest BCUT2D eigenvalue weighted by Gasteiger charge is -2.10. The fraction of sp³-hybridized carbons (Fsp3) is 0.333. The smallest absolute Gasteiger partial charge is 0.381 e. The summed E-state index contributed by atoms with van der Waals surface area (Å²) in [5.41, 5.74) is 0.557. The van der Waals surface area contributed by atoms with E-state index in [1.165, 1.54) is 31.2 Å². The molecule has 1 rings (SSSR count). The molecule has 1 aromatic carbocycles. The number of anilines is 1. The van der Waals surface area contributed by atoms with Crippen LogP contribution in [0.1, 0.15) is 13.8 Å². The van der Waals surface area contributed by atoms with Gasteiger partial charge in [0.15, 0.2) is 0 Å². The summed E-state index contributed by atoms with van der Waals surface area (Å²) in [6.07, 6.45) is -2.16. The molecule has 6 heteroatoms. The molecule has 1 amide bonds. The summed E-state index contributed by atoms with van der Waals surface area (Å²) < 4.78 is 22.4. The predicted octanol–water partition coefficient (Wildman–Crippen LogP) is 1.88. The van der Waals surface area contributed by atoms with E-state index >= 15 is 0 Å². The number of nitrogens with one attached hydrogen (secondary N) is 1. The highest BCUT2D eigenvalue weighted by Crippen LogP contribution is 2.17. The van der Waals surface area contributed by atoms with E-state index in [1.807, 2.05) is 0 Å². The molecule has 0 aromatic heterocycles. The Morgan fingerprint density at radius 2 is 1.94 bits per heavy atom. The van der Waals surface area contributed by atoms with E-state index in [0.29, 0.717) is 5.69 Å². The van der Waals surface area contributed by atoms with E-state index in [1.54, 1.807) is 6.92 Å². The van der Waals surface area contributed by atoms with E-state index in [-0.39, 0.29) is 18.3 Å². The average molecular weight is 255 g/mol. The number of halogens is 1. The highest BCUT2D eigenvalue weighted by Gasteiger charge is 2.20. The summed E-state index contributed by atoms with van der Waals surface area (Å²) in [5.74, 6) is -1.10. The van der Waals surface area contributed by atoms with Crippen molar-refractivity contribution < 1.29 is 23.5 Å². The lowest BCUT2D eigenvalue weighted by Crippen LogP contribution is -2.24. The van der Waals surface area contributed by atoms with Crippen LogP contribution >= 0.6 is 0 Å². The Balaban J connectivity index is 2.58. The minimum atomic E-state index is -2.16. The summed E-state index contributed by atoms with van der Waals surface area (Å²) in [6.45, 7) is 3.04. The van der Waals surface area contributed by atoms with Crippen LogP contribution in [0, 0.1) is 0 Å². The molecule has 0 aliphatic rings. The molecule has 0 spiro atoms. The van der Waals surface area contributed by atoms with Gasteiger partial charge in [-0.15, -0.1) is 0 Å². The van der Waals surface area contributed by atoms with Crippen molar-refractivity contribution in [1.29, 1.82) is 0 Å². The third-order valence-electron chi connectivity index (χ3n) is 1.89. The zero-order valence-corrected chi connectivity index (χ0v) is 10.1. The molecule has 0 saturated heterocycles. The summed E-state index contributed by atoms with van der Waals surface area (Å²) in [6, 6.07) is 5.96. The molecule has 5 nitrogen and oxygen atoms in total. The normalized spacial score (nSPS) is 11.5. The largest absolute Gasteiger partial charge is 0.461 e. The maximum Gasteiger partial charge on any atom is 0.381 e. The standard InChI is InChI=1S/C12H14FNO4/c1-3-17-12(16)11(13)18-10-6-4-9(5-7-10)14-8(2)15/h4-7,11H,3H2,1-2H3,(H,14,15). The molecular weight excluding hydrogens is 241 g/mol. The molecule has 1 N–H and O–H groups in total. The van der Waals surface area contributed by atoms with Gasteiger partial charge in [-0.3, -0.25) is 4.79 Å². The molecule has 0 saturated carbocycles. The van der Waals surface area contributed by atoms with Gasteiger partial charge in [0.25, 0.3) is 0 Å². The average Bonchev–Trinajstić information content (AvgIpc) is 2.31. The Hall–Kier alpha value is -2.11. The monoisotopic (exact) mass is 255 g/mol. The topological polar surface area (TPSA) is 64.6 Å². The van der Waals surface area contributed by atoms with Crippen LogP contribution < -0.4 is 10.1 Å². The molecule has 0 heterocycles. The van der Waals surface area contributed by atoms with Crippen molar-refractivity contribution in [1.82, 2.24) is 0 Å². The van der Waals surface area contributed by atoms with Crippen molar-refractivity contribution in [2.24, 2.45) is 0 Å². The number of amides is 1. The zero-order chi connectivity index (χ0) is 13.5. The number of hydrogen-bond donors (Lipinski definition) is 1. The first kappa shape index (κ1) is 14.0. The fourth-order valence-corrected chi connectivity index (χ4v) is 1.20. The first-order chi connectivity index (χ1) is 8.52. The molecule has 98 valence electrons. The van der Waals surface area contributed by atoms with E-state index < -0.39 is 12.3 Å². The summed E-state index contributed by atoms with van der Waals surface area (Å²) in [4.78, 5) is 21.8. The molecule has 1 aromatic rings. The van der Waals surface area contributed by atoms with E-state index in [9.17, 15) is 14.0 Å². The van der Waals surface area contributed by atoms with Gasteiger partial charge in [0.2, 0.25) is 5.91 Å². The minimum Gasteiger partial charge on any atom is -0.461 e. The van der Waals surface area contributed by atoms with Crippen LogP contribution in [0.5, 0.6) is 5.75 Å². The van der Waals surface area contributed by atoms with Crippen molar-refractivity contribution in [2.45, 2.75) is 20.2 Å². The summed E-state index contributed by atoms with van der Waals surface area (Å²) in [7, 11) is 0. The number of rotatable bonds is 5. The number of carbonyl (C=O) groups is 2. The van der Waals surface area contributed by atoms with Gasteiger partial charge >= 0.3 is 12.3 Å². The molecule has 1 atom stereocenters. The number of carbonyl (C=O) groups excluding carboxylic acids is 2. The number of ether oxygens (including phenoxy) is 2. The van der Waals surface area contributed by atoms with Crippen LogP contribution in [0.15, 0.2) is 24.3 Å². The van der Waals surface area contributed by atoms with Crippen LogP contribution in [0.25, 0.3) is 0 Å². The van der Waals surface area contributed by atoms with Gasteiger partial charge in [-0.25, -0.2) is 4.79 Å². The van der Waals surface area contributed by atoms with Gasteiger partial charge in [0.05, 0.1) is 6.61 Å². The Labute approximate surface area is 104 Å². The number of alkyl halides is 1. The van der Waals surface area contributed by atoms with E-state index in [4.69, 9.17) is 4.74 Å². The van der Waals surface area contributed by atoms with Crippen molar-refractivity contribution in [3.63, 3.8) is 0 Å². The first-order valence-electron chi connectivity index (χ1n) is 5.38. The molecule has 0 fully saturated rings. The van der Waals surface area contributed by atoms with E-state index in [0.717, 1.165) is 0 Å². The van der Waals surface area contributed by atoms with Gasteiger partial charge in [0.1, 0.15) is 5.75 Å². The highest BCUT2D eigenvalue weighted by atomic mass is 19.1. The molecule has 0 bridgehead atoms. The van der Waals surface area contributed by atoms with Crippen LogP contribution in [0.4, 0.5) is 10.1 Å². The maximum atomic E-state index is 13.2. The van der Waals surface area contributed by atoms with Crippen molar-refractivity contribution in [3.8, 4) is 5.75 Å². The van der Waals surface area contributed by atoms with Crippen LogP contribution in [0.2, 0.25) is 0 Å². The second kappa shape index (κ2) is 6.58. The number of esters is 1. The summed E-state index contributed by atoms with van der Waals surface area (Å²) >= 11 is 0. The van der Waals surface area contributed by atoms with Crippen molar-refractivity contribution in [2.75, 3.05) is 11.9 Å². The van der Waals surface area contributed by atoms with Gasteiger partial charge in [-0.2, -0.15) is 4.39 Å². The van der Waals surface area contributed by atoms with Crippen molar-refractivity contribution in [3.05, 3.63) is 24.3 Å². The second-order valence-corrected chi connectivity index (χ2v) is 3.39. The maximum absolute atomic E-state index is 13.2. The quantitative estimate of drug-likeness (QED) is 0.816. The molecule has 18 heavy (non-hydrogen) atoms. The van der Waals surface area contributed by atoms with Gasteiger partial charge in [-0.05, 0) is 31.2 Å². The zero-order valence-electron chi connectivity index (χ0n) is 10.1. The third kappa shape index (κ3) is 4.40. The Morgan fingerprint density at radius 3 is 2.44 bits per heavy atom. The Bertz CT molecular complexity index is 419. The molecular formula is C12H14FNO4. The molecule has 1 unspecified atom stereocenters. The Morgan fingerprint density at radius 1 is 1.33 bits per heavy atom. The van der Waals surface area contributed by atoms with Gasteiger partial charge in [-0.1, -0.05) is 0 Å². The van der Waals surface area contributed by atoms with Gasteiger partial charge < -0.3 is 14.8 Å². The minimum absolute atomic E-state index is 0.0874. The highest BCUT2D eigenvalue weighted by molar-refractivity contribution is 5.88. The first-order valence-corrected chi connectivity index (χ1v) is 5.38. The number of benzene rings is 1. The SMILES string of the molecule is CCOC(=O)C(F)Oc1ccc(NC(C)=O)cc1. The molecule has 0 radical (unpaired) electrons. The van der Waals surface area contributed by atoms with Crippen molar-refractivity contribution >= 4 is 17.6 Å². The predicted molar refractivity (Wildman–Crippen MR) is 62.9 cm³/mol. The second-order valence-electron chi connectivity index (χ2n) is 3.39. The summed E-state index contributed by atoms with van der Waals surface area (Å²) in [5, 5.41) is 2.55. The number of hydrogen-bond acceptors (Lipinski definition) is 4. The fourth-order valence-electron chi connectivity index (χ4n) is 1.20. The lowest BCUT2D eigenvalue weighted by atomic mass is 10.3. The molecule has 0 aliphatic heterocycles. The lowest BCUT2D eigenvalue weighted by molar-refractivity contribution is -0.159. The Kier molecular flexibility index (Phi) is 5.10. The van der Waals surface area contributed by atoms with Crippen LogP contribution in [0.3, 0.4) is 0 Å². The van der Waals surface area contributed by atoms with E-state index in [2.05, 4.69) is 10.1 Å².